The Bertz CT molecular complexity index is 869. The lowest BCUT2D eigenvalue weighted by atomic mass is 10.1. The minimum absolute atomic E-state index is 0. The number of halogens is 3. The number of hydrazone groups is 1. The Morgan fingerprint density at radius 2 is 1.88 bits per heavy atom. The molecule has 0 aliphatic rings. The van der Waals surface area contributed by atoms with Gasteiger partial charge in [-0.05, 0) is 19.1 Å². The van der Waals surface area contributed by atoms with Crippen LogP contribution in [0.3, 0.4) is 0 Å². The van der Waals surface area contributed by atoms with E-state index >= 15 is 0 Å². The van der Waals surface area contributed by atoms with Crippen molar-refractivity contribution in [2.24, 2.45) is 5.10 Å². The number of rotatable bonds is 6. The number of aryl methyl sites for hydroxylation is 1. The highest BCUT2D eigenvalue weighted by molar-refractivity contribution is 8.93. The van der Waals surface area contributed by atoms with Crippen LogP contribution in [0.2, 0.25) is 0 Å². The van der Waals surface area contributed by atoms with Gasteiger partial charge in [-0.3, -0.25) is 5.43 Å². The number of para-hydroxylation sites is 1. The van der Waals surface area contributed by atoms with E-state index in [2.05, 4.69) is 20.2 Å². The van der Waals surface area contributed by atoms with E-state index in [1.54, 1.807) is 18.2 Å². The molecule has 136 valence electrons. The highest BCUT2D eigenvalue weighted by atomic mass is 79.9. The molecule has 0 fully saturated rings. The molecule has 0 spiro atoms. The third kappa shape index (κ3) is 5.34. The molecule has 1 heterocycles. The van der Waals surface area contributed by atoms with Gasteiger partial charge in [0.05, 0.1) is 11.9 Å². The molecule has 2 aromatic carbocycles. The zero-order valence-electron chi connectivity index (χ0n) is 13.7. The van der Waals surface area contributed by atoms with Crippen LogP contribution in [0.1, 0.15) is 11.1 Å². The Labute approximate surface area is 164 Å². The van der Waals surface area contributed by atoms with Gasteiger partial charge in [-0.2, -0.15) is 13.9 Å². The Morgan fingerprint density at radius 3 is 2.62 bits per heavy atom. The normalized spacial score (nSPS) is 10.8. The molecule has 3 rings (SSSR count). The Morgan fingerprint density at radius 1 is 1.15 bits per heavy atom. The lowest BCUT2D eigenvalue weighted by Gasteiger charge is -2.06. The van der Waals surface area contributed by atoms with Gasteiger partial charge in [0.25, 0.3) is 0 Å². The summed E-state index contributed by atoms with van der Waals surface area (Å²) in [6.07, 6.45) is 1.42. The molecule has 0 bridgehead atoms. The van der Waals surface area contributed by atoms with Crippen molar-refractivity contribution in [1.29, 1.82) is 0 Å². The number of ether oxygens (including phenoxy) is 1. The number of benzene rings is 2. The maximum Gasteiger partial charge on any atom is 0.387 e. The van der Waals surface area contributed by atoms with Gasteiger partial charge in [-0.25, -0.2) is 4.98 Å². The van der Waals surface area contributed by atoms with Crippen molar-refractivity contribution in [2.45, 2.75) is 13.5 Å². The van der Waals surface area contributed by atoms with Crippen molar-refractivity contribution in [3.8, 4) is 17.0 Å². The third-order valence-electron chi connectivity index (χ3n) is 3.35. The summed E-state index contributed by atoms with van der Waals surface area (Å²) in [7, 11) is 0. The van der Waals surface area contributed by atoms with Crippen LogP contribution in [-0.2, 0) is 0 Å². The minimum Gasteiger partial charge on any atom is -0.434 e. The zero-order valence-corrected chi connectivity index (χ0v) is 16.3. The molecule has 4 nitrogen and oxygen atoms in total. The van der Waals surface area contributed by atoms with E-state index in [0.717, 1.165) is 11.3 Å². The zero-order chi connectivity index (χ0) is 17.6. The van der Waals surface area contributed by atoms with E-state index in [1.165, 1.54) is 29.2 Å². The summed E-state index contributed by atoms with van der Waals surface area (Å²) < 4.78 is 29.2. The first-order valence-corrected chi connectivity index (χ1v) is 8.35. The number of hydrogen-bond acceptors (Lipinski definition) is 5. The number of thiazole rings is 1. The fraction of sp³-hybridized carbons (Fsp3) is 0.111. The molecule has 1 N–H and O–H groups in total. The fourth-order valence-electron chi connectivity index (χ4n) is 2.13. The van der Waals surface area contributed by atoms with E-state index < -0.39 is 6.61 Å². The second kappa shape index (κ2) is 9.40. The summed E-state index contributed by atoms with van der Waals surface area (Å²) in [6.45, 7) is -0.846. The van der Waals surface area contributed by atoms with Crippen LogP contribution in [0.25, 0.3) is 11.3 Å². The van der Waals surface area contributed by atoms with Gasteiger partial charge in [-0.1, -0.05) is 42.0 Å². The predicted molar refractivity (Wildman–Crippen MR) is 107 cm³/mol. The van der Waals surface area contributed by atoms with E-state index in [-0.39, 0.29) is 22.7 Å². The van der Waals surface area contributed by atoms with Gasteiger partial charge < -0.3 is 4.74 Å². The van der Waals surface area contributed by atoms with Gasteiger partial charge in [0.15, 0.2) is 0 Å². The van der Waals surface area contributed by atoms with Crippen LogP contribution in [0.5, 0.6) is 5.75 Å². The first-order chi connectivity index (χ1) is 12.1. The van der Waals surface area contributed by atoms with Gasteiger partial charge in [-0.15, -0.1) is 28.3 Å². The van der Waals surface area contributed by atoms with Crippen LogP contribution in [0.15, 0.2) is 59.0 Å². The molecule has 0 radical (unpaired) electrons. The summed E-state index contributed by atoms with van der Waals surface area (Å²) >= 11 is 1.41. The summed E-state index contributed by atoms with van der Waals surface area (Å²) in [5, 5.41) is 6.59. The minimum atomic E-state index is -2.88. The van der Waals surface area contributed by atoms with Crippen molar-refractivity contribution < 1.29 is 13.5 Å². The average Bonchev–Trinajstić information content (AvgIpc) is 3.05. The van der Waals surface area contributed by atoms with E-state index in [1.807, 2.05) is 36.6 Å². The average molecular weight is 440 g/mol. The molecule has 0 saturated heterocycles. The van der Waals surface area contributed by atoms with E-state index in [4.69, 9.17) is 0 Å². The molecule has 0 saturated carbocycles. The van der Waals surface area contributed by atoms with Crippen molar-refractivity contribution in [2.75, 3.05) is 5.43 Å². The summed E-state index contributed by atoms with van der Waals surface area (Å²) in [6, 6.07) is 14.5. The van der Waals surface area contributed by atoms with Crippen LogP contribution >= 0.6 is 28.3 Å². The van der Waals surface area contributed by atoms with E-state index in [0.29, 0.717) is 10.7 Å². The number of anilines is 1. The molecule has 1 aromatic heterocycles. The third-order valence-corrected chi connectivity index (χ3v) is 4.10. The van der Waals surface area contributed by atoms with Crippen molar-refractivity contribution in [3.05, 3.63) is 65.0 Å². The number of nitrogens with zero attached hydrogens (tertiary/aromatic N) is 2. The molecule has 0 aliphatic heterocycles. The summed E-state index contributed by atoms with van der Waals surface area (Å²) in [5.41, 5.74) is 6.32. The molecular weight excluding hydrogens is 424 g/mol. The fourth-order valence-corrected chi connectivity index (χ4v) is 2.80. The second-order valence-corrected chi connectivity index (χ2v) is 6.05. The Kier molecular flexibility index (Phi) is 7.23. The van der Waals surface area contributed by atoms with Gasteiger partial charge in [0.1, 0.15) is 5.75 Å². The lowest BCUT2D eigenvalue weighted by Crippen LogP contribution is -2.04. The maximum atomic E-state index is 12.4. The first kappa shape index (κ1) is 20.0. The second-order valence-electron chi connectivity index (χ2n) is 5.19. The summed E-state index contributed by atoms with van der Waals surface area (Å²) in [4.78, 5) is 4.45. The molecule has 8 heteroatoms. The summed E-state index contributed by atoms with van der Waals surface area (Å²) in [5.74, 6) is 0.0718. The Hall–Kier alpha value is -2.32. The number of aromatic nitrogens is 1. The highest BCUT2D eigenvalue weighted by Gasteiger charge is 2.07. The van der Waals surface area contributed by atoms with Crippen LogP contribution in [0.4, 0.5) is 13.9 Å². The molecule has 3 aromatic rings. The smallest absolute Gasteiger partial charge is 0.387 e. The quantitative estimate of drug-likeness (QED) is 0.393. The SMILES string of the molecule is Br.Cc1ccc(-c2csc(NN=Cc3ccccc3OC(F)F)n2)cc1. The maximum absolute atomic E-state index is 12.4. The van der Waals surface area contributed by atoms with Crippen molar-refractivity contribution in [1.82, 2.24) is 4.98 Å². The Balaban J connectivity index is 0.00000243. The number of alkyl halides is 2. The predicted octanol–water partition coefficient (Wildman–Crippen LogP) is 5.74. The van der Waals surface area contributed by atoms with Gasteiger partial charge in [0.2, 0.25) is 5.13 Å². The standard InChI is InChI=1S/C18H15F2N3OS.BrH/c1-12-6-8-13(9-7-12)15-11-25-18(22-15)23-21-10-14-4-2-3-5-16(14)24-17(19)20;/h2-11,17H,1H3,(H,22,23);1H. The monoisotopic (exact) mass is 439 g/mol. The lowest BCUT2D eigenvalue weighted by molar-refractivity contribution is -0.0499. The van der Waals surface area contributed by atoms with Crippen LogP contribution in [-0.4, -0.2) is 17.8 Å². The molecule has 0 aliphatic carbocycles. The van der Waals surface area contributed by atoms with Crippen molar-refractivity contribution >= 4 is 39.7 Å². The molecule has 0 atom stereocenters. The molecular formula is C18H16BrF2N3OS. The molecule has 0 unspecified atom stereocenters. The van der Waals surface area contributed by atoms with Crippen molar-refractivity contribution in [3.63, 3.8) is 0 Å². The van der Waals surface area contributed by atoms with E-state index in [9.17, 15) is 8.78 Å². The topological polar surface area (TPSA) is 46.5 Å². The highest BCUT2D eigenvalue weighted by Crippen LogP contribution is 2.25. The number of hydrogen-bond donors (Lipinski definition) is 1. The van der Waals surface area contributed by atoms with Gasteiger partial charge in [0, 0.05) is 16.5 Å². The van der Waals surface area contributed by atoms with Gasteiger partial charge >= 0.3 is 6.61 Å². The first-order valence-electron chi connectivity index (χ1n) is 7.47. The van der Waals surface area contributed by atoms with Crippen LogP contribution in [0, 0.1) is 6.92 Å². The molecule has 0 amide bonds. The number of nitrogens with one attached hydrogen (secondary N) is 1. The largest absolute Gasteiger partial charge is 0.434 e. The molecule has 26 heavy (non-hydrogen) atoms. The van der Waals surface area contributed by atoms with Crippen LogP contribution < -0.4 is 10.2 Å².